The number of methoxy groups -OCH3 is 2. The lowest BCUT2D eigenvalue weighted by atomic mass is 9.64. The van der Waals surface area contributed by atoms with Gasteiger partial charge in [-0.25, -0.2) is 0 Å². The quantitative estimate of drug-likeness (QED) is 0.856. The van der Waals surface area contributed by atoms with Crippen LogP contribution < -0.4 is 5.32 Å². The molecule has 1 aliphatic rings. The molecule has 1 fully saturated rings. The van der Waals surface area contributed by atoms with Crippen molar-refractivity contribution >= 4 is 0 Å². The molecule has 0 bridgehead atoms. The summed E-state index contributed by atoms with van der Waals surface area (Å²) < 4.78 is 10.7. The van der Waals surface area contributed by atoms with Crippen molar-refractivity contribution in [2.45, 2.75) is 45.6 Å². The van der Waals surface area contributed by atoms with Crippen LogP contribution in [0.1, 0.15) is 31.4 Å². The molecule has 0 amide bonds. The Morgan fingerprint density at radius 3 is 2.47 bits per heavy atom. The molecular weight excluding hydrogens is 238 g/mol. The fraction of sp³-hybridized carbons (Fsp3) is 0.625. The predicted octanol–water partition coefficient (Wildman–Crippen LogP) is 2.74. The molecule has 1 aromatic carbocycles. The van der Waals surface area contributed by atoms with Crippen LogP contribution in [0.15, 0.2) is 24.3 Å². The molecule has 0 aliphatic heterocycles. The SMILES string of the molecule is COCc1ccccc1CNC1CC(OC)C1(C)C. The Bertz CT molecular complexity index is 417. The van der Waals surface area contributed by atoms with Crippen molar-refractivity contribution in [2.75, 3.05) is 14.2 Å². The molecule has 1 aliphatic carbocycles. The van der Waals surface area contributed by atoms with Gasteiger partial charge in [-0.3, -0.25) is 0 Å². The van der Waals surface area contributed by atoms with Crippen LogP contribution in [-0.2, 0) is 22.6 Å². The van der Waals surface area contributed by atoms with E-state index < -0.39 is 0 Å². The highest BCUT2D eigenvalue weighted by Gasteiger charge is 2.48. The first-order valence-electron chi connectivity index (χ1n) is 6.91. The third-order valence-electron chi connectivity index (χ3n) is 4.42. The van der Waals surface area contributed by atoms with Crippen molar-refractivity contribution in [3.8, 4) is 0 Å². The lowest BCUT2D eigenvalue weighted by Gasteiger charge is -2.51. The van der Waals surface area contributed by atoms with E-state index in [0.717, 1.165) is 13.0 Å². The summed E-state index contributed by atoms with van der Waals surface area (Å²) in [7, 11) is 3.54. The van der Waals surface area contributed by atoms with Crippen LogP contribution in [0, 0.1) is 5.41 Å². The zero-order valence-corrected chi connectivity index (χ0v) is 12.4. The van der Waals surface area contributed by atoms with Crippen LogP contribution in [0.3, 0.4) is 0 Å². The molecule has 0 radical (unpaired) electrons. The van der Waals surface area contributed by atoms with Crippen molar-refractivity contribution in [2.24, 2.45) is 5.41 Å². The summed E-state index contributed by atoms with van der Waals surface area (Å²) in [5.41, 5.74) is 2.80. The first-order valence-corrected chi connectivity index (χ1v) is 6.91. The molecule has 106 valence electrons. The maximum absolute atomic E-state index is 5.49. The minimum Gasteiger partial charge on any atom is -0.381 e. The number of hydrogen-bond acceptors (Lipinski definition) is 3. The van der Waals surface area contributed by atoms with E-state index in [0.29, 0.717) is 18.8 Å². The second kappa shape index (κ2) is 6.04. The predicted molar refractivity (Wildman–Crippen MR) is 77.0 cm³/mol. The van der Waals surface area contributed by atoms with Crippen molar-refractivity contribution in [3.63, 3.8) is 0 Å². The fourth-order valence-electron chi connectivity index (χ4n) is 2.89. The van der Waals surface area contributed by atoms with E-state index in [1.807, 2.05) is 0 Å². The Morgan fingerprint density at radius 1 is 1.21 bits per heavy atom. The summed E-state index contributed by atoms with van der Waals surface area (Å²) in [5.74, 6) is 0. The summed E-state index contributed by atoms with van der Waals surface area (Å²) >= 11 is 0. The zero-order valence-electron chi connectivity index (χ0n) is 12.4. The molecular formula is C16H25NO2. The lowest BCUT2D eigenvalue weighted by Crippen LogP contribution is -2.60. The molecule has 2 rings (SSSR count). The number of rotatable bonds is 6. The number of ether oxygens (including phenoxy) is 2. The van der Waals surface area contributed by atoms with Crippen LogP contribution in [0.5, 0.6) is 0 Å². The molecule has 3 nitrogen and oxygen atoms in total. The summed E-state index contributed by atoms with van der Waals surface area (Å²) in [6.07, 6.45) is 1.47. The van der Waals surface area contributed by atoms with Gasteiger partial charge in [0, 0.05) is 32.2 Å². The molecule has 19 heavy (non-hydrogen) atoms. The highest BCUT2D eigenvalue weighted by atomic mass is 16.5. The summed E-state index contributed by atoms with van der Waals surface area (Å²) in [6, 6.07) is 8.96. The average Bonchev–Trinajstić information content (AvgIpc) is 2.40. The van der Waals surface area contributed by atoms with Gasteiger partial charge in [0.1, 0.15) is 0 Å². The Balaban J connectivity index is 1.93. The smallest absolute Gasteiger partial charge is 0.0716 e. The van der Waals surface area contributed by atoms with Crippen LogP contribution in [0.4, 0.5) is 0 Å². The topological polar surface area (TPSA) is 30.5 Å². The monoisotopic (exact) mass is 263 g/mol. The first-order chi connectivity index (χ1) is 9.09. The molecule has 0 spiro atoms. The maximum atomic E-state index is 5.49. The van der Waals surface area contributed by atoms with Crippen molar-refractivity contribution < 1.29 is 9.47 Å². The maximum Gasteiger partial charge on any atom is 0.0716 e. The second-order valence-corrected chi connectivity index (χ2v) is 5.92. The van der Waals surface area contributed by atoms with Crippen molar-refractivity contribution in [1.29, 1.82) is 0 Å². The van der Waals surface area contributed by atoms with E-state index in [2.05, 4.69) is 43.4 Å². The minimum absolute atomic E-state index is 0.213. The van der Waals surface area contributed by atoms with Gasteiger partial charge in [0.15, 0.2) is 0 Å². The van der Waals surface area contributed by atoms with Gasteiger partial charge in [0.25, 0.3) is 0 Å². The lowest BCUT2D eigenvalue weighted by molar-refractivity contribution is -0.0979. The fourth-order valence-corrected chi connectivity index (χ4v) is 2.89. The third kappa shape index (κ3) is 2.99. The van der Waals surface area contributed by atoms with Crippen LogP contribution in [0.25, 0.3) is 0 Å². The van der Waals surface area contributed by atoms with Gasteiger partial charge in [0.2, 0.25) is 0 Å². The molecule has 3 heteroatoms. The zero-order chi connectivity index (χ0) is 13.9. The average molecular weight is 263 g/mol. The standard InChI is InChI=1S/C16H25NO2/c1-16(2)14(9-15(16)19-4)17-10-12-7-5-6-8-13(12)11-18-3/h5-8,14-15,17H,9-11H2,1-4H3. The van der Waals surface area contributed by atoms with Crippen LogP contribution in [0.2, 0.25) is 0 Å². The van der Waals surface area contributed by atoms with Crippen LogP contribution in [-0.4, -0.2) is 26.4 Å². The normalized spacial score (nSPS) is 25.1. The van der Waals surface area contributed by atoms with Gasteiger partial charge in [-0.1, -0.05) is 38.1 Å². The van der Waals surface area contributed by atoms with Gasteiger partial charge < -0.3 is 14.8 Å². The van der Waals surface area contributed by atoms with E-state index in [9.17, 15) is 0 Å². The Labute approximate surface area is 116 Å². The number of hydrogen-bond donors (Lipinski definition) is 1. The van der Waals surface area contributed by atoms with Gasteiger partial charge in [-0.05, 0) is 17.5 Å². The molecule has 1 aromatic rings. The highest BCUT2D eigenvalue weighted by Crippen LogP contribution is 2.42. The second-order valence-electron chi connectivity index (χ2n) is 5.92. The third-order valence-corrected chi connectivity index (χ3v) is 4.42. The summed E-state index contributed by atoms with van der Waals surface area (Å²) in [5, 5.41) is 3.65. The summed E-state index contributed by atoms with van der Waals surface area (Å²) in [6.45, 7) is 6.10. The van der Waals surface area contributed by atoms with Gasteiger partial charge >= 0.3 is 0 Å². The largest absolute Gasteiger partial charge is 0.381 e. The van der Waals surface area contributed by atoms with E-state index in [1.54, 1.807) is 14.2 Å². The van der Waals surface area contributed by atoms with Crippen molar-refractivity contribution in [3.05, 3.63) is 35.4 Å². The summed E-state index contributed by atoms with van der Waals surface area (Å²) in [4.78, 5) is 0. The highest BCUT2D eigenvalue weighted by molar-refractivity contribution is 5.26. The molecule has 0 aromatic heterocycles. The van der Waals surface area contributed by atoms with E-state index in [1.165, 1.54) is 11.1 Å². The minimum atomic E-state index is 0.213. The Hall–Kier alpha value is -0.900. The van der Waals surface area contributed by atoms with Crippen molar-refractivity contribution in [1.82, 2.24) is 5.32 Å². The molecule has 0 saturated heterocycles. The van der Waals surface area contributed by atoms with E-state index >= 15 is 0 Å². The molecule has 1 saturated carbocycles. The number of benzene rings is 1. The first kappa shape index (κ1) is 14.5. The molecule has 2 unspecified atom stereocenters. The Morgan fingerprint density at radius 2 is 1.89 bits per heavy atom. The molecule has 1 N–H and O–H groups in total. The molecule has 2 atom stereocenters. The van der Waals surface area contributed by atoms with E-state index in [4.69, 9.17) is 9.47 Å². The van der Waals surface area contributed by atoms with Gasteiger partial charge in [-0.15, -0.1) is 0 Å². The van der Waals surface area contributed by atoms with Gasteiger partial charge in [0.05, 0.1) is 12.7 Å². The van der Waals surface area contributed by atoms with E-state index in [-0.39, 0.29) is 5.41 Å². The van der Waals surface area contributed by atoms with Crippen LogP contribution >= 0.6 is 0 Å². The Kier molecular flexibility index (Phi) is 4.61. The molecule has 0 heterocycles. The van der Waals surface area contributed by atoms with Gasteiger partial charge in [-0.2, -0.15) is 0 Å². The number of nitrogens with one attached hydrogen (secondary N) is 1.